The number of benzene rings is 1. The van der Waals surface area contributed by atoms with E-state index in [0.717, 1.165) is 23.3 Å². The van der Waals surface area contributed by atoms with Crippen molar-refractivity contribution in [2.45, 2.75) is 24.6 Å². The van der Waals surface area contributed by atoms with Gasteiger partial charge in [-0.2, -0.15) is 0 Å². The van der Waals surface area contributed by atoms with Gasteiger partial charge < -0.3 is 5.32 Å². The summed E-state index contributed by atoms with van der Waals surface area (Å²) in [6.45, 7) is 3.59. The van der Waals surface area contributed by atoms with Crippen LogP contribution in [0.1, 0.15) is 19.4 Å². The maximum absolute atomic E-state index is 12.2. The first-order valence-corrected chi connectivity index (χ1v) is 9.31. The fourth-order valence-corrected chi connectivity index (χ4v) is 4.07. The molecule has 0 aliphatic heterocycles. The zero-order valence-corrected chi connectivity index (χ0v) is 14.4. The van der Waals surface area contributed by atoms with E-state index >= 15 is 0 Å². The lowest BCUT2D eigenvalue weighted by atomic mass is 10.0. The van der Waals surface area contributed by atoms with Crippen LogP contribution in [-0.4, -0.2) is 31.1 Å². The highest BCUT2D eigenvalue weighted by molar-refractivity contribution is 7.91. The molecule has 1 atom stereocenters. The molecule has 1 aromatic heterocycles. The average molecular weight is 354 g/mol. The van der Waals surface area contributed by atoms with Crippen molar-refractivity contribution in [2.75, 3.05) is 11.9 Å². The Bertz CT molecular complexity index is 759. The van der Waals surface area contributed by atoms with Crippen LogP contribution in [0.25, 0.3) is 0 Å². The van der Waals surface area contributed by atoms with Gasteiger partial charge in [0.1, 0.15) is 0 Å². The standard InChI is InChI=1S/C14H18N4O3S2/c1-10(8-12-6-4-3-5-7-12)9-15-23(20,21)14-18-17-13(22-14)16-11(2)19/h3-7,10,15H,8-9H2,1-2H3,(H,16,17,19). The van der Waals surface area contributed by atoms with Crippen molar-refractivity contribution in [3.8, 4) is 0 Å². The average Bonchev–Trinajstić information content (AvgIpc) is 2.95. The number of carbonyl (C=O) groups is 1. The van der Waals surface area contributed by atoms with Gasteiger partial charge in [-0.05, 0) is 17.9 Å². The maximum Gasteiger partial charge on any atom is 0.269 e. The Morgan fingerprint density at radius 3 is 2.61 bits per heavy atom. The predicted molar refractivity (Wildman–Crippen MR) is 88.7 cm³/mol. The van der Waals surface area contributed by atoms with Crippen LogP contribution in [-0.2, 0) is 21.2 Å². The van der Waals surface area contributed by atoms with Gasteiger partial charge in [-0.15, -0.1) is 10.2 Å². The number of amides is 1. The fourth-order valence-electron chi connectivity index (χ4n) is 1.92. The molecule has 0 saturated heterocycles. The lowest BCUT2D eigenvalue weighted by Gasteiger charge is -2.11. The van der Waals surface area contributed by atoms with Gasteiger partial charge in [0.2, 0.25) is 15.4 Å². The van der Waals surface area contributed by atoms with Gasteiger partial charge in [0, 0.05) is 13.5 Å². The number of aromatic nitrogens is 2. The zero-order valence-electron chi connectivity index (χ0n) is 12.8. The van der Waals surface area contributed by atoms with Crippen LogP contribution in [0.4, 0.5) is 5.13 Å². The first-order valence-electron chi connectivity index (χ1n) is 7.01. The first-order chi connectivity index (χ1) is 10.9. The summed E-state index contributed by atoms with van der Waals surface area (Å²) in [6.07, 6.45) is 0.774. The van der Waals surface area contributed by atoms with Gasteiger partial charge in [-0.1, -0.05) is 48.6 Å². The minimum absolute atomic E-state index is 0.134. The summed E-state index contributed by atoms with van der Waals surface area (Å²) in [5.41, 5.74) is 1.16. The fraction of sp³-hybridized carbons (Fsp3) is 0.357. The minimum Gasteiger partial charge on any atom is -0.301 e. The molecule has 2 aromatic rings. The van der Waals surface area contributed by atoms with E-state index in [1.807, 2.05) is 37.3 Å². The third-order valence-corrected chi connectivity index (χ3v) is 5.60. The van der Waals surface area contributed by atoms with E-state index in [0.29, 0.717) is 6.54 Å². The van der Waals surface area contributed by atoms with Crippen molar-refractivity contribution in [2.24, 2.45) is 5.92 Å². The summed E-state index contributed by atoms with van der Waals surface area (Å²) in [5, 5.41) is 9.81. The molecule has 7 nitrogen and oxygen atoms in total. The molecule has 0 aliphatic carbocycles. The number of hydrogen-bond acceptors (Lipinski definition) is 6. The number of carbonyl (C=O) groups excluding carboxylic acids is 1. The van der Waals surface area contributed by atoms with Crippen LogP contribution in [0.3, 0.4) is 0 Å². The molecular formula is C14H18N4O3S2. The molecule has 23 heavy (non-hydrogen) atoms. The zero-order chi connectivity index (χ0) is 16.9. The third-order valence-electron chi connectivity index (χ3n) is 2.97. The number of rotatable bonds is 7. The Morgan fingerprint density at radius 1 is 1.26 bits per heavy atom. The van der Waals surface area contributed by atoms with Crippen molar-refractivity contribution in [1.29, 1.82) is 0 Å². The summed E-state index contributed by atoms with van der Waals surface area (Å²) in [7, 11) is -3.72. The number of hydrogen-bond donors (Lipinski definition) is 2. The highest BCUT2D eigenvalue weighted by Crippen LogP contribution is 2.19. The normalized spacial score (nSPS) is 12.8. The topological polar surface area (TPSA) is 101 Å². The van der Waals surface area contributed by atoms with Crippen LogP contribution in [0, 0.1) is 5.92 Å². The first kappa shape index (κ1) is 17.5. The van der Waals surface area contributed by atoms with Gasteiger partial charge >= 0.3 is 0 Å². The van der Waals surface area contributed by atoms with Crippen molar-refractivity contribution < 1.29 is 13.2 Å². The SMILES string of the molecule is CC(=O)Nc1nnc(S(=O)(=O)NCC(C)Cc2ccccc2)s1. The van der Waals surface area contributed by atoms with Crippen molar-refractivity contribution in [1.82, 2.24) is 14.9 Å². The van der Waals surface area contributed by atoms with Crippen molar-refractivity contribution in [3.05, 3.63) is 35.9 Å². The quantitative estimate of drug-likeness (QED) is 0.736. The number of nitrogens with one attached hydrogen (secondary N) is 2. The summed E-state index contributed by atoms with van der Waals surface area (Å²) >= 11 is 0.819. The van der Waals surface area contributed by atoms with Crippen molar-refractivity contribution >= 4 is 32.4 Å². The molecule has 0 fully saturated rings. The van der Waals surface area contributed by atoms with E-state index in [1.54, 1.807) is 0 Å². The third kappa shape index (κ3) is 5.38. The van der Waals surface area contributed by atoms with E-state index in [9.17, 15) is 13.2 Å². The van der Waals surface area contributed by atoms with E-state index in [2.05, 4.69) is 20.2 Å². The van der Waals surface area contributed by atoms with E-state index in [-0.39, 0.29) is 21.3 Å². The molecule has 0 bridgehead atoms. The van der Waals surface area contributed by atoms with Crippen LogP contribution in [0.15, 0.2) is 34.7 Å². The molecule has 0 aliphatic rings. The van der Waals surface area contributed by atoms with E-state index < -0.39 is 10.0 Å². The summed E-state index contributed by atoms with van der Waals surface area (Å²) in [4.78, 5) is 10.9. The lowest BCUT2D eigenvalue weighted by Crippen LogP contribution is -2.29. The Balaban J connectivity index is 1.93. The molecule has 2 N–H and O–H groups in total. The lowest BCUT2D eigenvalue weighted by molar-refractivity contribution is -0.114. The van der Waals surface area contributed by atoms with Gasteiger partial charge in [-0.25, -0.2) is 13.1 Å². The van der Waals surface area contributed by atoms with Crippen LogP contribution < -0.4 is 10.0 Å². The molecule has 1 aromatic carbocycles. The Labute approximate surface area is 139 Å². The Kier molecular flexibility index (Phi) is 5.80. The maximum atomic E-state index is 12.2. The molecule has 1 unspecified atom stereocenters. The molecular weight excluding hydrogens is 336 g/mol. The van der Waals surface area contributed by atoms with Crippen LogP contribution in [0.2, 0.25) is 0 Å². The van der Waals surface area contributed by atoms with E-state index in [4.69, 9.17) is 0 Å². The smallest absolute Gasteiger partial charge is 0.269 e. The van der Waals surface area contributed by atoms with Gasteiger partial charge in [0.05, 0.1) is 0 Å². The number of sulfonamides is 1. The second kappa shape index (κ2) is 7.62. The molecule has 0 spiro atoms. The van der Waals surface area contributed by atoms with Gasteiger partial charge in [0.25, 0.3) is 10.0 Å². The Hall–Kier alpha value is -1.84. The summed E-state index contributed by atoms with van der Waals surface area (Å²) < 4.78 is 26.7. The highest BCUT2D eigenvalue weighted by Gasteiger charge is 2.21. The van der Waals surface area contributed by atoms with Gasteiger partial charge in [-0.3, -0.25) is 4.79 Å². The highest BCUT2D eigenvalue weighted by atomic mass is 32.2. The molecule has 124 valence electrons. The molecule has 0 radical (unpaired) electrons. The molecule has 1 amide bonds. The molecule has 0 saturated carbocycles. The van der Waals surface area contributed by atoms with E-state index in [1.165, 1.54) is 6.92 Å². The monoisotopic (exact) mass is 354 g/mol. The summed E-state index contributed by atoms with van der Waals surface area (Å²) in [5.74, 6) is -0.190. The second-order valence-corrected chi connectivity index (χ2v) is 8.12. The second-order valence-electron chi connectivity index (χ2n) is 5.20. The van der Waals surface area contributed by atoms with Crippen LogP contribution in [0.5, 0.6) is 0 Å². The number of nitrogens with zero attached hydrogens (tertiary/aromatic N) is 2. The van der Waals surface area contributed by atoms with Crippen molar-refractivity contribution in [3.63, 3.8) is 0 Å². The minimum atomic E-state index is -3.72. The Morgan fingerprint density at radius 2 is 1.96 bits per heavy atom. The number of anilines is 1. The van der Waals surface area contributed by atoms with Crippen LogP contribution >= 0.6 is 11.3 Å². The summed E-state index contributed by atoms with van der Waals surface area (Å²) in [6, 6.07) is 9.87. The van der Waals surface area contributed by atoms with Gasteiger partial charge in [0.15, 0.2) is 0 Å². The molecule has 2 rings (SSSR count). The largest absolute Gasteiger partial charge is 0.301 e. The predicted octanol–water partition coefficient (Wildman–Crippen LogP) is 1.65. The molecule has 9 heteroatoms. The molecule has 1 heterocycles.